The van der Waals surface area contributed by atoms with E-state index in [-0.39, 0.29) is 17.7 Å². The molecule has 23 heavy (non-hydrogen) atoms. The van der Waals surface area contributed by atoms with Crippen LogP contribution in [0.1, 0.15) is 24.8 Å². The van der Waals surface area contributed by atoms with Gasteiger partial charge in [0.25, 0.3) is 0 Å². The molecule has 3 rings (SSSR count). The number of anilines is 1. The molecular weight excluding hydrogens is 290 g/mol. The summed E-state index contributed by atoms with van der Waals surface area (Å²) in [4.78, 5) is 26.3. The normalized spacial score (nSPS) is 24.7. The molecule has 2 amide bonds. The molecule has 2 unspecified atom stereocenters. The fourth-order valence-corrected chi connectivity index (χ4v) is 3.34. The number of carbonyl (C=O) groups is 2. The summed E-state index contributed by atoms with van der Waals surface area (Å²) in [6.45, 7) is 5.26. The molecule has 5 nitrogen and oxygen atoms in total. The van der Waals surface area contributed by atoms with E-state index >= 15 is 0 Å². The van der Waals surface area contributed by atoms with Crippen molar-refractivity contribution in [2.45, 2.75) is 26.2 Å². The minimum atomic E-state index is -0.236. The van der Waals surface area contributed by atoms with Crippen LogP contribution in [0, 0.1) is 18.8 Å². The molecule has 0 aromatic heterocycles. The Balaban J connectivity index is 1.54. The average molecular weight is 315 g/mol. The highest BCUT2D eigenvalue weighted by atomic mass is 16.2. The molecule has 2 aliphatic rings. The highest BCUT2D eigenvalue weighted by Gasteiger charge is 2.35. The standard InChI is InChI=1S/C18H25N3O2/c1-13-4-6-16(7-5-13)21-12-15(9-17(21)22)18(23)20-11-14-3-2-8-19-10-14/h4-7,14-15,19H,2-3,8-12H2,1H3,(H,20,23). The summed E-state index contributed by atoms with van der Waals surface area (Å²) in [6, 6.07) is 7.88. The molecule has 0 radical (unpaired) electrons. The first-order valence-electron chi connectivity index (χ1n) is 8.49. The maximum Gasteiger partial charge on any atom is 0.227 e. The van der Waals surface area contributed by atoms with Crippen molar-refractivity contribution < 1.29 is 9.59 Å². The molecule has 5 heteroatoms. The van der Waals surface area contributed by atoms with Crippen LogP contribution in [0.25, 0.3) is 0 Å². The second-order valence-electron chi connectivity index (χ2n) is 6.70. The van der Waals surface area contributed by atoms with Gasteiger partial charge < -0.3 is 15.5 Å². The van der Waals surface area contributed by atoms with E-state index in [2.05, 4.69) is 10.6 Å². The molecule has 124 valence electrons. The van der Waals surface area contributed by atoms with Gasteiger partial charge in [0, 0.05) is 25.2 Å². The third-order valence-corrected chi connectivity index (χ3v) is 4.81. The lowest BCUT2D eigenvalue weighted by molar-refractivity contribution is -0.126. The predicted octanol–water partition coefficient (Wildman–Crippen LogP) is 1.46. The molecule has 2 atom stereocenters. The average Bonchev–Trinajstić information content (AvgIpc) is 2.96. The number of hydrogen-bond acceptors (Lipinski definition) is 3. The van der Waals surface area contributed by atoms with Crippen molar-refractivity contribution in [1.82, 2.24) is 10.6 Å². The summed E-state index contributed by atoms with van der Waals surface area (Å²) in [5.74, 6) is 0.324. The third-order valence-electron chi connectivity index (χ3n) is 4.81. The SMILES string of the molecule is Cc1ccc(N2CC(C(=O)NCC3CCCNC3)CC2=O)cc1. The first-order chi connectivity index (χ1) is 11.1. The van der Waals surface area contributed by atoms with Gasteiger partial charge in [0.1, 0.15) is 0 Å². The van der Waals surface area contributed by atoms with Crippen LogP contribution < -0.4 is 15.5 Å². The summed E-state index contributed by atoms with van der Waals surface area (Å²) < 4.78 is 0. The highest BCUT2D eigenvalue weighted by molar-refractivity contribution is 6.00. The van der Waals surface area contributed by atoms with Gasteiger partial charge in [-0.05, 0) is 50.9 Å². The van der Waals surface area contributed by atoms with Gasteiger partial charge in [0.15, 0.2) is 0 Å². The fraction of sp³-hybridized carbons (Fsp3) is 0.556. The lowest BCUT2D eigenvalue weighted by Crippen LogP contribution is -2.40. The molecule has 0 bridgehead atoms. The Hall–Kier alpha value is -1.88. The maximum atomic E-state index is 12.4. The van der Waals surface area contributed by atoms with E-state index in [1.807, 2.05) is 31.2 Å². The van der Waals surface area contributed by atoms with E-state index in [4.69, 9.17) is 0 Å². The van der Waals surface area contributed by atoms with Crippen molar-refractivity contribution in [3.05, 3.63) is 29.8 Å². The number of carbonyl (C=O) groups excluding carboxylic acids is 2. The van der Waals surface area contributed by atoms with Crippen molar-refractivity contribution in [2.24, 2.45) is 11.8 Å². The van der Waals surface area contributed by atoms with Crippen molar-refractivity contribution in [3.63, 3.8) is 0 Å². The summed E-state index contributed by atoms with van der Waals surface area (Å²) >= 11 is 0. The van der Waals surface area contributed by atoms with E-state index in [0.29, 0.717) is 25.4 Å². The molecule has 0 saturated carbocycles. The Morgan fingerprint density at radius 2 is 2.13 bits per heavy atom. The van der Waals surface area contributed by atoms with Crippen molar-refractivity contribution >= 4 is 17.5 Å². The molecule has 0 spiro atoms. The van der Waals surface area contributed by atoms with Crippen LogP contribution in [-0.2, 0) is 9.59 Å². The molecule has 2 saturated heterocycles. The van der Waals surface area contributed by atoms with E-state index in [1.54, 1.807) is 4.90 Å². The number of hydrogen-bond donors (Lipinski definition) is 2. The number of amides is 2. The largest absolute Gasteiger partial charge is 0.355 e. The van der Waals surface area contributed by atoms with Crippen LogP contribution in [0.4, 0.5) is 5.69 Å². The van der Waals surface area contributed by atoms with Gasteiger partial charge >= 0.3 is 0 Å². The Labute approximate surface area is 137 Å². The Kier molecular flexibility index (Phi) is 4.96. The van der Waals surface area contributed by atoms with Crippen LogP contribution in [-0.4, -0.2) is 38.0 Å². The van der Waals surface area contributed by atoms with Gasteiger partial charge in [-0.2, -0.15) is 0 Å². The first-order valence-corrected chi connectivity index (χ1v) is 8.49. The van der Waals surface area contributed by atoms with Crippen molar-refractivity contribution in [2.75, 3.05) is 31.1 Å². The van der Waals surface area contributed by atoms with Gasteiger partial charge in [0.2, 0.25) is 11.8 Å². The lowest BCUT2D eigenvalue weighted by Gasteiger charge is -2.23. The fourth-order valence-electron chi connectivity index (χ4n) is 3.34. The Morgan fingerprint density at radius 3 is 2.83 bits per heavy atom. The topological polar surface area (TPSA) is 61.4 Å². The minimum Gasteiger partial charge on any atom is -0.355 e. The predicted molar refractivity (Wildman–Crippen MR) is 90.2 cm³/mol. The van der Waals surface area contributed by atoms with Gasteiger partial charge in [0.05, 0.1) is 5.92 Å². The van der Waals surface area contributed by atoms with Crippen LogP contribution in [0.15, 0.2) is 24.3 Å². The second-order valence-corrected chi connectivity index (χ2v) is 6.70. The molecule has 2 N–H and O–H groups in total. The Morgan fingerprint density at radius 1 is 1.35 bits per heavy atom. The number of aryl methyl sites for hydroxylation is 1. The zero-order valence-electron chi connectivity index (χ0n) is 13.7. The van der Waals surface area contributed by atoms with Crippen LogP contribution in [0.2, 0.25) is 0 Å². The number of piperidine rings is 1. The lowest BCUT2D eigenvalue weighted by atomic mass is 9.99. The van der Waals surface area contributed by atoms with Crippen molar-refractivity contribution in [1.29, 1.82) is 0 Å². The Bertz CT molecular complexity index is 564. The van der Waals surface area contributed by atoms with Crippen LogP contribution in [0.3, 0.4) is 0 Å². The molecule has 2 heterocycles. The molecule has 2 aliphatic heterocycles. The summed E-state index contributed by atoms with van der Waals surface area (Å²) in [6.07, 6.45) is 2.64. The summed E-state index contributed by atoms with van der Waals surface area (Å²) in [7, 11) is 0. The van der Waals surface area contributed by atoms with E-state index in [1.165, 1.54) is 6.42 Å². The monoisotopic (exact) mass is 315 g/mol. The van der Waals surface area contributed by atoms with Gasteiger partial charge in [-0.1, -0.05) is 17.7 Å². The quantitative estimate of drug-likeness (QED) is 0.884. The van der Waals surface area contributed by atoms with Gasteiger partial charge in [-0.15, -0.1) is 0 Å². The maximum absolute atomic E-state index is 12.4. The highest BCUT2D eigenvalue weighted by Crippen LogP contribution is 2.25. The van der Waals surface area contributed by atoms with E-state index < -0.39 is 0 Å². The second kappa shape index (κ2) is 7.13. The molecule has 2 fully saturated rings. The zero-order valence-corrected chi connectivity index (χ0v) is 13.7. The van der Waals surface area contributed by atoms with E-state index in [9.17, 15) is 9.59 Å². The molecule has 1 aromatic rings. The zero-order chi connectivity index (χ0) is 16.2. The number of benzene rings is 1. The van der Waals surface area contributed by atoms with E-state index in [0.717, 1.165) is 30.8 Å². The summed E-state index contributed by atoms with van der Waals surface area (Å²) in [5, 5.41) is 6.39. The molecular formula is C18H25N3O2. The van der Waals surface area contributed by atoms with Crippen LogP contribution >= 0.6 is 0 Å². The molecule has 0 aliphatic carbocycles. The van der Waals surface area contributed by atoms with Gasteiger partial charge in [-0.25, -0.2) is 0 Å². The van der Waals surface area contributed by atoms with Crippen molar-refractivity contribution in [3.8, 4) is 0 Å². The molecule has 1 aromatic carbocycles. The third kappa shape index (κ3) is 3.91. The minimum absolute atomic E-state index is 0.0125. The van der Waals surface area contributed by atoms with Crippen LogP contribution in [0.5, 0.6) is 0 Å². The number of nitrogens with zero attached hydrogens (tertiary/aromatic N) is 1. The summed E-state index contributed by atoms with van der Waals surface area (Å²) in [5.41, 5.74) is 2.04. The van der Waals surface area contributed by atoms with Gasteiger partial charge in [-0.3, -0.25) is 9.59 Å². The smallest absolute Gasteiger partial charge is 0.227 e. The number of rotatable bonds is 4. The first kappa shape index (κ1) is 16.0. The number of nitrogens with one attached hydrogen (secondary N) is 2.